The summed E-state index contributed by atoms with van der Waals surface area (Å²) in [5.41, 5.74) is 0. The molecule has 0 unspecified atom stereocenters. The Kier molecular flexibility index (Phi) is 2.70. The molecule has 1 heterocycles. The first kappa shape index (κ1) is 10.9. The standard InChI is InChI=1S/C6H13NO4S2/c1-12(8,9)6(13(2,10)11)5-3-7-4-5/h5-7H,3-4H2,1-2H3. The summed E-state index contributed by atoms with van der Waals surface area (Å²) in [6.07, 6.45) is 1.94. The fourth-order valence-electron chi connectivity index (χ4n) is 1.52. The summed E-state index contributed by atoms with van der Waals surface area (Å²) in [7, 11) is -7.02. The molecule has 78 valence electrons. The van der Waals surface area contributed by atoms with E-state index < -0.39 is 24.3 Å². The molecule has 0 aliphatic carbocycles. The van der Waals surface area contributed by atoms with Gasteiger partial charge in [-0.15, -0.1) is 0 Å². The Morgan fingerprint density at radius 3 is 1.54 bits per heavy atom. The zero-order valence-corrected chi connectivity index (χ0v) is 9.15. The van der Waals surface area contributed by atoms with Crippen molar-refractivity contribution in [3.8, 4) is 0 Å². The largest absolute Gasteiger partial charge is 0.316 e. The highest BCUT2D eigenvalue weighted by Gasteiger charge is 2.41. The molecule has 1 N–H and O–H groups in total. The molecule has 1 rings (SSSR count). The Morgan fingerprint density at radius 1 is 1.08 bits per heavy atom. The molecule has 7 heteroatoms. The Hall–Kier alpha value is -0.140. The molecular formula is C6H13NO4S2. The van der Waals surface area contributed by atoms with Crippen LogP contribution in [0.15, 0.2) is 0 Å². The monoisotopic (exact) mass is 227 g/mol. The van der Waals surface area contributed by atoms with Crippen molar-refractivity contribution in [1.82, 2.24) is 5.32 Å². The van der Waals surface area contributed by atoms with Crippen LogP contribution in [0.3, 0.4) is 0 Å². The van der Waals surface area contributed by atoms with Gasteiger partial charge in [0.15, 0.2) is 24.3 Å². The van der Waals surface area contributed by atoms with E-state index in [1.165, 1.54) is 0 Å². The normalized spacial score (nSPS) is 20.2. The quantitative estimate of drug-likeness (QED) is 0.643. The Bertz CT molecular complexity index is 347. The van der Waals surface area contributed by atoms with Crippen molar-refractivity contribution in [2.24, 2.45) is 5.92 Å². The maximum atomic E-state index is 11.2. The maximum absolute atomic E-state index is 11.2. The van der Waals surface area contributed by atoms with Crippen molar-refractivity contribution in [3.63, 3.8) is 0 Å². The number of hydrogen-bond donors (Lipinski definition) is 1. The van der Waals surface area contributed by atoms with Crippen LogP contribution in [0.25, 0.3) is 0 Å². The van der Waals surface area contributed by atoms with E-state index in [0.717, 1.165) is 12.5 Å². The molecule has 0 atom stereocenters. The zero-order valence-electron chi connectivity index (χ0n) is 7.52. The molecule has 0 bridgehead atoms. The van der Waals surface area contributed by atoms with Gasteiger partial charge in [0, 0.05) is 31.5 Å². The molecule has 0 saturated carbocycles. The van der Waals surface area contributed by atoms with E-state index in [2.05, 4.69) is 5.32 Å². The Labute approximate surface area is 78.4 Å². The topological polar surface area (TPSA) is 80.3 Å². The molecule has 1 saturated heterocycles. The minimum atomic E-state index is -3.51. The highest BCUT2D eigenvalue weighted by Crippen LogP contribution is 2.21. The van der Waals surface area contributed by atoms with E-state index in [-0.39, 0.29) is 5.92 Å². The smallest absolute Gasteiger partial charge is 0.167 e. The highest BCUT2D eigenvalue weighted by molar-refractivity contribution is 8.08. The summed E-state index contributed by atoms with van der Waals surface area (Å²) >= 11 is 0. The number of nitrogens with one attached hydrogen (secondary N) is 1. The van der Waals surface area contributed by atoms with Crippen LogP contribution in [0, 0.1) is 5.92 Å². The molecule has 0 aromatic rings. The molecule has 0 aromatic carbocycles. The third-order valence-corrected chi connectivity index (χ3v) is 6.60. The first-order chi connectivity index (χ1) is 5.73. The van der Waals surface area contributed by atoms with Gasteiger partial charge in [-0.05, 0) is 0 Å². The summed E-state index contributed by atoms with van der Waals surface area (Å²) in [5, 5.41) is 2.86. The summed E-state index contributed by atoms with van der Waals surface area (Å²) in [5.74, 6) is -0.287. The molecule has 1 aliphatic rings. The number of sulfone groups is 2. The SMILES string of the molecule is CS(=O)(=O)C(C1CNC1)S(C)(=O)=O. The molecule has 5 nitrogen and oxygen atoms in total. The fourth-order valence-corrected chi connectivity index (χ4v) is 5.84. The van der Waals surface area contributed by atoms with Crippen LogP contribution in [0.5, 0.6) is 0 Å². The predicted molar refractivity (Wildman–Crippen MR) is 49.8 cm³/mol. The van der Waals surface area contributed by atoms with Gasteiger partial charge in [-0.2, -0.15) is 0 Å². The molecule has 0 radical (unpaired) electrons. The van der Waals surface area contributed by atoms with E-state index >= 15 is 0 Å². The van der Waals surface area contributed by atoms with Gasteiger partial charge in [-0.1, -0.05) is 0 Å². The lowest BCUT2D eigenvalue weighted by Crippen LogP contribution is -2.53. The molecule has 1 aliphatic heterocycles. The van der Waals surface area contributed by atoms with Crippen molar-refractivity contribution < 1.29 is 16.8 Å². The van der Waals surface area contributed by atoms with Gasteiger partial charge in [0.2, 0.25) is 0 Å². The van der Waals surface area contributed by atoms with E-state index in [1.54, 1.807) is 0 Å². The van der Waals surface area contributed by atoms with Crippen molar-refractivity contribution in [3.05, 3.63) is 0 Å². The lowest BCUT2D eigenvalue weighted by Gasteiger charge is -2.32. The molecule has 0 aromatic heterocycles. The van der Waals surface area contributed by atoms with Gasteiger partial charge in [-0.25, -0.2) is 16.8 Å². The molecule has 1 fully saturated rings. The summed E-state index contributed by atoms with van der Waals surface area (Å²) in [6.45, 7) is 0.926. The van der Waals surface area contributed by atoms with Gasteiger partial charge in [0.1, 0.15) is 0 Å². The van der Waals surface area contributed by atoms with Crippen LogP contribution < -0.4 is 5.32 Å². The summed E-state index contributed by atoms with van der Waals surface area (Å²) in [4.78, 5) is 0. The van der Waals surface area contributed by atoms with Crippen molar-refractivity contribution in [2.45, 2.75) is 4.58 Å². The first-order valence-electron chi connectivity index (χ1n) is 3.81. The minimum absolute atomic E-state index is 0.287. The van der Waals surface area contributed by atoms with Crippen LogP contribution >= 0.6 is 0 Å². The van der Waals surface area contributed by atoms with Crippen molar-refractivity contribution in [1.29, 1.82) is 0 Å². The van der Waals surface area contributed by atoms with Crippen LogP contribution in [-0.2, 0) is 19.7 Å². The fraction of sp³-hybridized carbons (Fsp3) is 1.00. The summed E-state index contributed by atoms with van der Waals surface area (Å²) in [6, 6.07) is 0. The third-order valence-electron chi connectivity index (χ3n) is 2.04. The number of rotatable bonds is 3. The maximum Gasteiger partial charge on any atom is 0.167 e. The highest BCUT2D eigenvalue weighted by atomic mass is 32.3. The average Bonchev–Trinajstić information content (AvgIpc) is 1.71. The van der Waals surface area contributed by atoms with Crippen molar-refractivity contribution >= 4 is 19.7 Å². The van der Waals surface area contributed by atoms with Crippen LogP contribution in [0.4, 0.5) is 0 Å². The van der Waals surface area contributed by atoms with Gasteiger partial charge in [-0.3, -0.25) is 0 Å². The van der Waals surface area contributed by atoms with Crippen LogP contribution in [-0.4, -0.2) is 47.0 Å². The van der Waals surface area contributed by atoms with Crippen LogP contribution in [0.2, 0.25) is 0 Å². The first-order valence-corrected chi connectivity index (χ1v) is 7.72. The Morgan fingerprint density at radius 2 is 1.46 bits per heavy atom. The lowest BCUT2D eigenvalue weighted by molar-refractivity contribution is 0.360. The third kappa shape index (κ3) is 2.41. The number of hydrogen-bond acceptors (Lipinski definition) is 5. The predicted octanol–water partition coefficient (Wildman–Crippen LogP) is -1.38. The second kappa shape index (κ2) is 3.21. The van der Waals surface area contributed by atoms with E-state index in [0.29, 0.717) is 13.1 Å². The Balaban J connectivity index is 3.03. The van der Waals surface area contributed by atoms with Gasteiger partial charge < -0.3 is 5.32 Å². The minimum Gasteiger partial charge on any atom is -0.316 e. The van der Waals surface area contributed by atoms with Crippen molar-refractivity contribution in [2.75, 3.05) is 25.6 Å². The molecule has 13 heavy (non-hydrogen) atoms. The zero-order chi connectivity index (χ0) is 10.3. The van der Waals surface area contributed by atoms with Crippen LogP contribution in [0.1, 0.15) is 0 Å². The second-order valence-corrected chi connectivity index (χ2v) is 8.08. The molecule has 0 spiro atoms. The van der Waals surface area contributed by atoms with E-state index in [9.17, 15) is 16.8 Å². The molecular weight excluding hydrogens is 214 g/mol. The van der Waals surface area contributed by atoms with Gasteiger partial charge in [0.25, 0.3) is 0 Å². The molecule has 0 amide bonds. The van der Waals surface area contributed by atoms with E-state index in [4.69, 9.17) is 0 Å². The van der Waals surface area contributed by atoms with Gasteiger partial charge in [0.05, 0.1) is 0 Å². The van der Waals surface area contributed by atoms with E-state index in [1.807, 2.05) is 0 Å². The second-order valence-electron chi connectivity index (χ2n) is 3.45. The van der Waals surface area contributed by atoms with Gasteiger partial charge >= 0.3 is 0 Å². The summed E-state index contributed by atoms with van der Waals surface area (Å²) < 4.78 is 43.6. The average molecular weight is 227 g/mol. The lowest BCUT2D eigenvalue weighted by atomic mass is 10.1.